The first kappa shape index (κ1) is 16.1. The SMILES string of the molecule is Cc1nc(-c2ccc(CC(=O)NCC3CCCC3O)cc2)cs1. The minimum Gasteiger partial charge on any atom is -0.393 e. The van der Waals surface area contributed by atoms with Gasteiger partial charge in [-0.3, -0.25) is 4.79 Å². The summed E-state index contributed by atoms with van der Waals surface area (Å²) < 4.78 is 0. The summed E-state index contributed by atoms with van der Waals surface area (Å²) in [5.74, 6) is 0.232. The molecule has 0 spiro atoms. The molecule has 1 aromatic carbocycles. The molecule has 0 radical (unpaired) electrons. The third-order valence-corrected chi connectivity index (χ3v) is 5.19. The Balaban J connectivity index is 1.52. The Labute approximate surface area is 140 Å². The van der Waals surface area contributed by atoms with Crippen LogP contribution in [0.3, 0.4) is 0 Å². The van der Waals surface area contributed by atoms with E-state index < -0.39 is 0 Å². The highest BCUT2D eigenvalue weighted by Crippen LogP contribution is 2.25. The van der Waals surface area contributed by atoms with E-state index in [-0.39, 0.29) is 17.9 Å². The number of aryl methyl sites for hydroxylation is 1. The lowest BCUT2D eigenvalue weighted by Crippen LogP contribution is -2.33. The number of aliphatic hydroxyl groups excluding tert-OH is 1. The van der Waals surface area contributed by atoms with Crippen LogP contribution in [0.15, 0.2) is 29.6 Å². The van der Waals surface area contributed by atoms with Crippen LogP contribution in [0.4, 0.5) is 0 Å². The average molecular weight is 330 g/mol. The van der Waals surface area contributed by atoms with E-state index in [1.807, 2.05) is 36.6 Å². The molecule has 122 valence electrons. The second-order valence-electron chi connectivity index (χ2n) is 6.19. The Morgan fingerprint density at radius 2 is 2.13 bits per heavy atom. The van der Waals surface area contributed by atoms with Gasteiger partial charge in [-0.05, 0) is 25.3 Å². The highest BCUT2D eigenvalue weighted by molar-refractivity contribution is 7.09. The summed E-state index contributed by atoms with van der Waals surface area (Å²) in [6, 6.07) is 7.98. The maximum absolute atomic E-state index is 12.0. The van der Waals surface area contributed by atoms with Crippen molar-refractivity contribution in [2.45, 2.75) is 38.7 Å². The first-order valence-electron chi connectivity index (χ1n) is 8.08. The third-order valence-electron chi connectivity index (χ3n) is 4.41. The molecule has 0 bridgehead atoms. The van der Waals surface area contributed by atoms with Gasteiger partial charge in [-0.25, -0.2) is 4.98 Å². The van der Waals surface area contributed by atoms with Crippen molar-refractivity contribution in [2.75, 3.05) is 6.54 Å². The van der Waals surface area contributed by atoms with Crippen molar-refractivity contribution in [1.29, 1.82) is 0 Å². The molecular weight excluding hydrogens is 308 g/mol. The van der Waals surface area contributed by atoms with Crippen molar-refractivity contribution in [3.8, 4) is 11.3 Å². The number of benzene rings is 1. The number of carbonyl (C=O) groups excluding carboxylic acids is 1. The summed E-state index contributed by atoms with van der Waals surface area (Å²) in [7, 11) is 0. The van der Waals surface area contributed by atoms with Crippen molar-refractivity contribution >= 4 is 17.2 Å². The summed E-state index contributed by atoms with van der Waals surface area (Å²) in [5, 5.41) is 15.8. The lowest BCUT2D eigenvalue weighted by molar-refractivity contribution is -0.120. The fourth-order valence-electron chi connectivity index (χ4n) is 3.04. The largest absolute Gasteiger partial charge is 0.393 e. The number of thiazole rings is 1. The van der Waals surface area contributed by atoms with Gasteiger partial charge >= 0.3 is 0 Å². The number of hydrogen-bond donors (Lipinski definition) is 2. The second kappa shape index (κ2) is 7.23. The van der Waals surface area contributed by atoms with Crippen LogP contribution in [0.2, 0.25) is 0 Å². The zero-order chi connectivity index (χ0) is 16.2. The van der Waals surface area contributed by atoms with E-state index in [4.69, 9.17) is 0 Å². The molecule has 2 aromatic rings. The molecule has 0 saturated heterocycles. The number of nitrogens with zero attached hydrogens (tertiary/aromatic N) is 1. The summed E-state index contributed by atoms with van der Waals surface area (Å²) in [6.07, 6.45) is 3.04. The van der Waals surface area contributed by atoms with E-state index in [0.717, 1.165) is 41.1 Å². The first-order chi connectivity index (χ1) is 11.1. The number of aromatic nitrogens is 1. The molecule has 5 heteroatoms. The van der Waals surface area contributed by atoms with Gasteiger partial charge in [0, 0.05) is 23.4 Å². The summed E-state index contributed by atoms with van der Waals surface area (Å²) in [6.45, 7) is 2.57. The molecule has 1 saturated carbocycles. The quantitative estimate of drug-likeness (QED) is 0.886. The lowest BCUT2D eigenvalue weighted by atomic mass is 10.1. The average Bonchev–Trinajstić information content (AvgIpc) is 3.15. The topological polar surface area (TPSA) is 62.2 Å². The number of hydrogen-bond acceptors (Lipinski definition) is 4. The highest BCUT2D eigenvalue weighted by Gasteiger charge is 2.25. The molecule has 4 nitrogen and oxygen atoms in total. The molecule has 1 aromatic heterocycles. The van der Waals surface area contributed by atoms with E-state index in [0.29, 0.717) is 13.0 Å². The highest BCUT2D eigenvalue weighted by atomic mass is 32.1. The van der Waals surface area contributed by atoms with Crippen LogP contribution >= 0.6 is 11.3 Å². The Bertz CT molecular complexity index is 666. The van der Waals surface area contributed by atoms with E-state index >= 15 is 0 Å². The zero-order valence-corrected chi connectivity index (χ0v) is 14.1. The Morgan fingerprint density at radius 1 is 1.35 bits per heavy atom. The van der Waals surface area contributed by atoms with E-state index in [1.165, 1.54) is 0 Å². The molecule has 2 atom stereocenters. The molecule has 0 aliphatic heterocycles. The smallest absolute Gasteiger partial charge is 0.224 e. The molecule has 1 aliphatic rings. The standard InChI is InChI=1S/C18H22N2O2S/c1-12-20-16(11-23-12)14-7-5-13(6-8-14)9-18(22)19-10-15-3-2-4-17(15)21/h5-8,11,15,17,21H,2-4,9-10H2,1H3,(H,19,22). The number of rotatable bonds is 5. The van der Waals surface area contributed by atoms with Gasteiger partial charge in [-0.2, -0.15) is 0 Å². The van der Waals surface area contributed by atoms with Crippen molar-refractivity contribution in [3.63, 3.8) is 0 Å². The van der Waals surface area contributed by atoms with Crippen molar-refractivity contribution in [1.82, 2.24) is 10.3 Å². The predicted octanol–water partition coefficient (Wildman–Crippen LogP) is 2.94. The van der Waals surface area contributed by atoms with Crippen LogP contribution in [0.25, 0.3) is 11.3 Å². The van der Waals surface area contributed by atoms with Gasteiger partial charge in [-0.1, -0.05) is 30.7 Å². The number of aliphatic hydroxyl groups is 1. The molecule has 2 N–H and O–H groups in total. The first-order valence-corrected chi connectivity index (χ1v) is 8.96. The minimum absolute atomic E-state index is 0.0151. The van der Waals surface area contributed by atoms with Crippen molar-refractivity contribution < 1.29 is 9.90 Å². The maximum atomic E-state index is 12.0. The van der Waals surface area contributed by atoms with Crippen LogP contribution in [0, 0.1) is 12.8 Å². The van der Waals surface area contributed by atoms with E-state index in [1.54, 1.807) is 11.3 Å². The maximum Gasteiger partial charge on any atom is 0.224 e. The van der Waals surface area contributed by atoms with Gasteiger partial charge in [0.2, 0.25) is 5.91 Å². The lowest BCUT2D eigenvalue weighted by Gasteiger charge is -2.15. The van der Waals surface area contributed by atoms with E-state index in [9.17, 15) is 9.90 Å². The molecule has 1 amide bonds. The van der Waals surface area contributed by atoms with Crippen LogP contribution in [0.5, 0.6) is 0 Å². The molecule has 1 fully saturated rings. The van der Waals surface area contributed by atoms with Gasteiger partial charge < -0.3 is 10.4 Å². The molecule has 3 rings (SSSR count). The monoisotopic (exact) mass is 330 g/mol. The van der Waals surface area contributed by atoms with Gasteiger partial charge in [-0.15, -0.1) is 11.3 Å². The van der Waals surface area contributed by atoms with Crippen LogP contribution < -0.4 is 5.32 Å². The van der Waals surface area contributed by atoms with Gasteiger partial charge in [0.15, 0.2) is 0 Å². The molecule has 1 aliphatic carbocycles. The minimum atomic E-state index is -0.254. The molecule has 1 heterocycles. The molecule has 2 unspecified atom stereocenters. The Morgan fingerprint density at radius 3 is 2.74 bits per heavy atom. The van der Waals surface area contributed by atoms with Crippen molar-refractivity contribution in [3.05, 3.63) is 40.2 Å². The number of nitrogens with one attached hydrogen (secondary N) is 1. The van der Waals surface area contributed by atoms with E-state index in [2.05, 4.69) is 10.3 Å². The normalized spacial score (nSPS) is 20.6. The molecule has 23 heavy (non-hydrogen) atoms. The van der Waals surface area contributed by atoms with Gasteiger partial charge in [0.25, 0.3) is 0 Å². The number of carbonyl (C=O) groups is 1. The van der Waals surface area contributed by atoms with Gasteiger partial charge in [0.05, 0.1) is 23.2 Å². The summed E-state index contributed by atoms with van der Waals surface area (Å²) >= 11 is 1.64. The predicted molar refractivity (Wildman–Crippen MR) is 92.3 cm³/mol. The summed E-state index contributed by atoms with van der Waals surface area (Å²) in [5.41, 5.74) is 3.05. The van der Waals surface area contributed by atoms with Crippen LogP contribution in [-0.4, -0.2) is 28.6 Å². The van der Waals surface area contributed by atoms with Crippen LogP contribution in [-0.2, 0) is 11.2 Å². The van der Waals surface area contributed by atoms with Crippen molar-refractivity contribution in [2.24, 2.45) is 5.92 Å². The second-order valence-corrected chi connectivity index (χ2v) is 7.25. The molecular formula is C18H22N2O2S. The fourth-order valence-corrected chi connectivity index (χ4v) is 3.66. The third kappa shape index (κ3) is 4.18. The zero-order valence-electron chi connectivity index (χ0n) is 13.3. The summed E-state index contributed by atoms with van der Waals surface area (Å²) in [4.78, 5) is 16.5. The Hall–Kier alpha value is -1.72. The number of amides is 1. The van der Waals surface area contributed by atoms with Gasteiger partial charge in [0.1, 0.15) is 0 Å². The van der Waals surface area contributed by atoms with Crippen LogP contribution in [0.1, 0.15) is 29.8 Å². The Kier molecular flexibility index (Phi) is 5.08. The fraction of sp³-hybridized carbons (Fsp3) is 0.444.